The van der Waals surface area contributed by atoms with Crippen molar-refractivity contribution in [2.75, 3.05) is 37.8 Å². The van der Waals surface area contributed by atoms with Crippen LogP contribution in [0.15, 0.2) is 0 Å². The van der Waals surface area contributed by atoms with E-state index in [9.17, 15) is 13.2 Å². The summed E-state index contributed by atoms with van der Waals surface area (Å²) in [4.78, 5) is 0. The molecule has 0 aromatic carbocycles. The molecule has 0 amide bonds. The zero-order valence-corrected chi connectivity index (χ0v) is 10.0. The van der Waals surface area contributed by atoms with Gasteiger partial charge in [0, 0.05) is 6.54 Å². The molecule has 0 radical (unpaired) electrons. The third-order valence-corrected chi connectivity index (χ3v) is 3.51. The van der Waals surface area contributed by atoms with Crippen molar-refractivity contribution in [3.05, 3.63) is 0 Å². The molecule has 0 spiro atoms. The van der Waals surface area contributed by atoms with Gasteiger partial charge < -0.3 is 10.1 Å². The standard InChI is InChI=1S/C10H18F3NOS/c11-10(12,13)8-15-4-3-14-7-9-1-5-16-6-2-9/h9,14H,1-8H2. The lowest BCUT2D eigenvalue weighted by Crippen LogP contribution is -2.29. The topological polar surface area (TPSA) is 21.3 Å². The average Bonchev–Trinajstić information content (AvgIpc) is 2.23. The second-order valence-electron chi connectivity index (χ2n) is 3.93. The Morgan fingerprint density at radius 3 is 2.56 bits per heavy atom. The van der Waals surface area contributed by atoms with Gasteiger partial charge in [-0.05, 0) is 36.8 Å². The highest BCUT2D eigenvalue weighted by Crippen LogP contribution is 2.21. The largest absolute Gasteiger partial charge is 0.411 e. The first-order valence-electron chi connectivity index (χ1n) is 5.51. The number of halogens is 3. The molecule has 0 saturated carbocycles. The van der Waals surface area contributed by atoms with Crippen LogP contribution in [-0.2, 0) is 4.74 Å². The van der Waals surface area contributed by atoms with Gasteiger partial charge >= 0.3 is 6.18 Å². The molecule has 1 rings (SSSR count). The van der Waals surface area contributed by atoms with Gasteiger partial charge in [-0.3, -0.25) is 0 Å². The molecular weight excluding hydrogens is 239 g/mol. The van der Waals surface area contributed by atoms with Crippen molar-refractivity contribution in [3.8, 4) is 0 Å². The van der Waals surface area contributed by atoms with Gasteiger partial charge in [-0.2, -0.15) is 24.9 Å². The number of hydrogen-bond donors (Lipinski definition) is 1. The summed E-state index contributed by atoms with van der Waals surface area (Å²) in [7, 11) is 0. The number of ether oxygens (including phenoxy) is 1. The molecule has 0 unspecified atom stereocenters. The Bertz CT molecular complexity index is 183. The molecule has 1 saturated heterocycles. The normalized spacial score (nSPS) is 18.9. The molecule has 1 aliphatic rings. The first-order valence-corrected chi connectivity index (χ1v) is 6.66. The fraction of sp³-hybridized carbons (Fsp3) is 1.00. The van der Waals surface area contributed by atoms with Gasteiger partial charge in [0.2, 0.25) is 0 Å². The van der Waals surface area contributed by atoms with Crippen LogP contribution in [0.1, 0.15) is 12.8 Å². The van der Waals surface area contributed by atoms with Crippen molar-refractivity contribution in [2.24, 2.45) is 5.92 Å². The van der Waals surface area contributed by atoms with E-state index in [1.165, 1.54) is 24.3 Å². The van der Waals surface area contributed by atoms with E-state index in [1.807, 2.05) is 11.8 Å². The second-order valence-corrected chi connectivity index (χ2v) is 5.15. The van der Waals surface area contributed by atoms with Crippen LogP contribution in [0.3, 0.4) is 0 Å². The fourth-order valence-corrected chi connectivity index (χ4v) is 2.79. The van der Waals surface area contributed by atoms with Gasteiger partial charge in [-0.15, -0.1) is 0 Å². The number of rotatable bonds is 6. The fourth-order valence-electron chi connectivity index (χ4n) is 1.59. The van der Waals surface area contributed by atoms with Crippen molar-refractivity contribution in [3.63, 3.8) is 0 Å². The van der Waals surface area contributed by atoms with Crippen LogP contribution in [0, 0.1) is 5.92 Å². The Labute approximate surface area is 98.3 Å². The van der Waals surface area contributed by atoms with Crippen molar-refractivity contribution in [2.45, 2.75) is 19.0 Å². The lowest BCUT2D eigenvalue weighted by atomic mass is 10.0. The van der Waals surface area contributed by atoms with Gasteiger partial charge in [0.15, 0.2) is 0 Å². The van der Waals surface area contributed by atoms with Crippen LogP contribution >= 0.6 is 11.8 Å². The minimum atomic E-state index is -4.21. The molecule has 1 N–H and O–H groups in total. The second kappa shape index (κ2) is 7.40. The van der Waals surface area contributed by atoms with Gasteiger partial charge in [0.1, 0.15) is 6.61 Å². The Balaban J connectivity index is 1.87. The molecule has 6 heteroatoms. The molecule has 1 heterocycles. The predicted octanol–water partition coefficient (Wildman–Crippen LogP) is 2.30. The van der Waals surface area contributed by atoms with Gasteiger partial charge in [-0.25, -0.2) is 0 Å². The minimum absolute atomic E-state index is 0.126. The summed E-state index contributed by atoms with van der Waals surface area (Å²) in [5, 5.41) is 3.14. The van der Waals surface area contributed by atoms with E-state index in [0.29, 0.717) is 12.5 Å². The van der Waals surface area contributed by atoms with Gasteiger partial charge in [-0.1, -0.05) is 0 Å². The summed E-state index contributed by atoms with van der Waals surface area (Å²) in [6.45, 7) is 0.380. The van der Waals surface area contributed by atoms with Crippen LogP contribution in [0.5, 0.6) is 0 Å². The molecule has 1 fully saturated rings. The molecule has 1 aliphatic heterocycles. The summed E-state index contributed by atoms with van der Waals surface area (Å²) < 4.78 is 39.6. The van der Waals surface area contributed by atoms with E-state index in [0.717, 1.165) is 6.54 Å². The van der Waals surface area contributed by atoms with E-state index in [-0.39, 0.29) is 6.61 Å². The molecule has 0 atom stereocenters. The number of alkyl halides is 3. The summed E-state index contributed by atoms with van der Waals surface area (Å²) in [6, 6.07) is 0. The lowest BCUT2D eigenvalue weighted by molar-refractivity contribution is -0.173. The van der Waals surface area contributed by atoms with Crippen molar-refractivity contribution >= 4 is 11.8 Å². The molecule has 2 nitrogen and oxygen atoms in total. The first-order chi connectivity index (χ1) is 7.58. The molecule has 0 aliphatic carbocycles. The first kappa shape index (κ1) is 14.1. The number of thioether (sulfide) groups is 1. The maximum Gasteiger partial charge on any atom is 0.411 e. The maximum absolute atomic E-state index is 11.7. The average molecular weight is 257 g/mol. The van der Waals surface area contributed by atoms with Crippen LogP contribution in [0.2, 0.25) is 0 Å². The Morgan fingerprint density at radius 2 is 1.94 bits per heavy atom. The summed E-state index contributed by atoms with van der Waals surface area (Å²) in [6.07, 6.45) is -1.79. The summed E-state index contributed by atoms with van der Waals surface area (Å²) >= 11 is 1.97. The molecule has 0 bridgehead atoms. The minimum Gasteiger partial charge on any atom is -0.371 e. The summed E-state index contributed by atoms with van der Waals surface area (Å²) in [5.41, 5.74) is 0. The maximum atomic E-state index is 11.7. The van der Waals surface area contributed by atoms with E-state index >= 15 is 0 Å². The Kier molecular flexibility index (Phi) is 6.53. The Morgan fingerprint density at radius 1 is 1.25 bits per heavy atom. The zero-order valence-electron chi connectivity index (χ0n) is 9.18. The Hall–Kier alpha value is 0.0600. The van der Waals surface area contributed by atoms with Crippen LogP contribution in [0.25, 0.3) is 0 Å². The predicted molar refractivity (Wildman–Crippen MR) is 59.8 cm³/mol. The van der Waals surface area contributed by atoms with Crippen molar-refractivity contribution < 1.29 is 17.9 Å². The highest BCUT2D eigenvalue weighted by molar-refractivity contribution is 7.99. The zero-order chi connectivity index (χ0) is 11.9. The molecule has 96 valence electrons. The molecule has 0 aromatic heterocycles. The van der Waals surface area contributed by atoms with Gasteiger partial charge in [0.25, 0.3) is 0 Å². The number of hydrogen-bond acceptors (Lipinski definition) is 3. The molecule has 16 heavy (non-hydrogen) atoms. The highest BCUT2D eigenvalue weighted by atomic mass is 32.2. The van der Waals surface area contributed by atoms with Crippen LogP contribution < -0.4 is 5.32 Å². The monoisotopic (exact) mass is 257 g/mol. The number of nitrogens with one attached hydrogen (secondary N) is 1. The van der Waals surface area contributed by atoms with Crippen molar-refractivity contribution in [1.82, 2.24) is 5.32 Å². The van der Waals surface area contributed by atoms with Gasteiger partial charge in [0.05, 0.1) is 6.61 Å². The van der Waals surface area contributed by atoms with E-state index in [2.05, 4.69) is 10.1 Å². The molecule has 0 aromatic rings. The van der Waals surface area contributed by atoms with E-state index in [1.54, 1.807) is 0 Å². The smallest absolute Gasteiger partial charge is 0.371 e. The van der Waals surface area contributed by atoms with Crippen LogP contribution in [-0.4, -0.2) is 44.0 Å². The molecular formula is C10H18F3NOS. The SMILES string of the molecule is FC(F)(F)COCCNCC1CCSCC1. The third kappa shape index (κ3) is 7.35. The van der Waals surface area contributed by atoms with E-state index in [4.69, 9.17) is 0 Å². The summed E-state index contributed by atoms with van der Waals surface area (Å²) in [5.74, 6) is 3.09. The van der Waals surface area contributed by atoms with Crippen molar-refractivity contribution in [1.29, 1.82) is 0 Å². The third-order valence-electron chi connectivity index (χ3n) is 2.46. The van der Waals surface area contributed by atoms with Crippen LogP contribution in [0.4, 0.5) is 13.2 Å². The quantitative estimate of drug-likeness (QED) is 0.738. The highest BCUT2D eigenvalue weighted by Gasteiger charge is 2.27. The lowest BCUT2D eigenvalue weighted by Gasteiger charge is -2.21. The van der Waals surface area contributed by atoms with E-state index < -0.39 is 12.8 Å².